The van der Waals surface area contributed by atoms with Gasteiger partial charge in [0.2, 0.25) is 0 Å². The lowest BCUT2D eigenvalue weighted by atomic mass is 10.1. The number of alkyl carbamates (subject to hydrolysis) is 1. The van der Waals surface area contributed by atoms with Crippen LogP contribution in [0.3, 0.4) is 0 Å². The van der Waals surface area contributed by atoms with Crippen LogP contribution < -0.4 is 10.6 Å². The lowest BCUT2D eigenvalue weighted by Crippen LogP contribution is -2.43. The van der Waals surface area contributed by atoms with Crippen molar-refractivity contribution in [3.05, 3.63) is 30.1 Å². The van der Waals surface area contributed by atoms with Crippen LogP contribution >= 0.6 is 0 Å². The summed E-state index contributed by atoms with van der Waals surface area (Å²) < 4.78 is 5.23. The molecule has 0 aliphatic heterocycles. The highest BCUT2D eigenvalue weighted by Gasteiger charge is 2.18. The van der Waals surface area contributed by atoms with E-state index in [2.05, 4.69) is 29.5 Å². The Hall–Kier alpha value is -1.62. The second kappa shape index (κ2) is 7.98. The van der Waals surface area contributed by atoms with E-state index in [0.29, 0.717) is 6.54 Å². The second-order valence-electron chi connectivity index (χ2n) is 6.13. The standard InChI is InChI=1S/C16H27N3O2/c1-6-13(11-18-15(20)21-16(3,4)5)19-12(2)14-9-7-8-10-17-14/h7-10,12-13,19H,6,11H2,1-5H3,(H,18,20). The highest BCUT2D eigenvalue weighted by Crippen LogP contribution is 2.10. The summed E-state index contributed by atoms with van der Waals surface area (Å²) in [6, 6.07) is 6.18. The number of carbonyl (C=O) groups excluding carboxylic acids is 1. The van der Waals surface area contributed by atoms with Crippen LogP contribution in [0, 0.1) is 0 Å². The third kappa shape index (κ3) is 7.09. The molecule has 1 rings (SSSR count). The lowest BCUT2D eigenvalue weighted by Gasteiger charge is -2.24. The van der Waals surface area contributed by atoms with Crippen molar-refractivity contribution in [3.8, 4) is 0 Å². The number of amides is 1. The van der Waals surface area contributed by atoms with Gasteiger partial charge in [0, 0.05) is 24.8 Å². The number of pyridine rings is 1. The molecule has 1 aromatic rings. The van der Waals surface area contributed by atoms with E-state index in [1.165, 1.54) is 0 Å². The van der Waals surface area contributed by atoms with Gasteiger partial charge in [0.25, 0.3) is 0 Å². The largest absolute Gasteiger partial charge is 0.444 e. The number of nitrogens with one attached hydrogen (secondary N) is 2. The number of carbonyl (C=O) groups is 1. The number of ether oxygens (including phenoxy) is 1. The van der Waals surface area contributed by atoms with Gasteiger partial charge in [0.05, 0.1) is 5.69 Å². The minimum Gasteiger partial charge on any atom is -0.444 e. The zero-order valence-corrected chi connectivity index (χ0v) is 13.6. The first kappa shape index (κ1) is 17.4. The summed E-state index contributed by atoms with van der Waals surface area (Å²) >= 11 is 0. The third-order valence-electron chi connectivity index (χ3n) is 3.00. The van der Waals surface area contributed by atoms with Crippen molar-refractivity contribution in [3.63, 3.8) is 0 Å². The molecule has 2 N–H and O–H groups in total. The smallest absolute Gasteiger partial charge is 0.407 e. The van der Waals surface area contributed by atoms with E-state index >= 15 is 0 Å². The summed E-state index contributed by atoms with van der Waals surface area (Å²) in [5.74, 6) is 0. The van der Waals surface area contributed by atoms with Crippen molar-refractivity contribution in [1.29, 1.82) is 0 Å². The first-order chi connectivity index (χ1) is 9.81. The maximum atomic E-state index is 11.7. The molecule has 0 saturated carbocycles. The molecule has 0 aromatic carbocycles. The molecular formula is C16H27N3O2. The minimum absolute atomic E-state index is 0.136. The fourth-order valence-electron chi connectivity index (χ4n) is 1.91. The molecule has 0 fully saturated rings. The Morgan fingerprint density at radius 1 is 1.38 bits per heavy atom. The predicted octanol–water partition coefficient (Wildman–Crippen LogP) is 3.04. The summed E-state index contributed by atoms with van der Waals surface area (Å²) in [5.41, 5.74) is 0.522. The van der Waals surface area contributed by atoms with Crippen LogP contribution in [0.4, 0.5) is 4.79 Å². The first-order valence-corrected chi connectivity index (χ1v) is 7.45. The topological polar surface area (TPSA) is 63.2 Å². The van der Waals surface area contributed by atoms with Gasteiger partial charge >= 0.3 is 6.09 Å². The summed E-state index contributed by atoms with van der Waals surface area (Å²) in [6.45, 7) is 10.2. The van der Waals surface area contributed by atoms with Gasteiger partial charge in [-0.25, -0.2) is 4.79 Å². The number of rotatable bonds is 6. The van der Waals surface area contributed by atoms with E-state index in [1.54, 1.807) is 6.20 Å². The molecule has 0 aliphatic carbocycles. The monoisotopic (exact) mass is 293 g/mol. The molecule has 118 valence electrons. The molecule has 5 heteroatoms. The normalized spacial score (nSPS) is 14.3. The van der Waals surface area contributed by atoms with Crippen molar-refractivity contribution in [1.82, 2.24) is 15.6 Å². The summed E-state index contributed by atoms with van der Waals surface area (Å²) in [4.78, 5) is 16.0. The molecule has 1 aromatic heterocycles. The van der Waals surface area contributed by atoms with E-state index in [9.17, 15) is 4.79 Å². The zero-order chi connectivity index (χ0) is 15.9. The Labute approximate surface area is 127 Å². The van der Waals surface area contributed by atoms with Gasteiger partial charge in [-0.2, -0.15) is 0 Å². The quantitative estimate of drug-likeness (QED) is 0.846. The molecule has 0 bridgehead atoms. The Kier molecular flexibility index (Phi) is 6.62. The average molecular weight is 293 g/mol. The average Bonchev–Trinajstić information content (AvgIpc) is 2.42. The molecule has 2 atom stereocenters. The molecule has 2 unspecified atom stereocenters. The van der Waals surface area contributed by atoms with Gasteiger partial charge in [-0.1, -0.05) is 13.0 Å². The van der Waals surface area contributed by atoms with E-state index < -0.39 is 5.60 Å². The SMILES string of the molecule is CCC(CNC(=O)OC(C)(C)C)NC(C)c1ccccn1. The van der Waals surface area contributed by atoms with Crippen LogP contribution in [0.25, 0.3) is 0 Å². The van der Waals surface area contributed by atoms with Crippen molar-refractivity contribution in [2.45, 2.75) is 58.7 Å². The van der Waals surface area contributed by atoms with Crippen LogP contribution in [0.1, 0.15) is 52.8 Å². The lowest BCUT2D eigenvalue weighted by molar-refractivity contribution is 0.0521. The first-order valence-electron chi connectivity index (χ1n) is 7.45. The molecule has 0 aliphatic rings. The Morgan fingerprint density at radius 2 is 2.10 bits per heavy atom. The second-order valence-corrected chi connectivity index (χ2v) is 6.13. The molecule has 0 saturated heterocycles. The number of aromatic nitrogens is 1. The molecule has 0 radical (unpaired) electrons. The fraction of sp³-hybridized carbons (Fsp3) is 0.625. The number of hydrogen-bond donors (Lipinski definition) is 2. The Bertz CT molecular complexity index is 429. The van der Waals surface area contributed by atoms with Gasteiger partial charge in [0.15, 0.2) is 0 Å². The van der Waals surface area contributed by atoms with Crippen LogP contribution in [0.15, 0.2) is 24.4 Å². The number of hydrogen-bond acceptors (Lipinski definition) is 4. The van der Waals surface area contributed by atoms with Crippen molar-refractivity contribution < 1.29 is 9.53 Å². The van der Waals surface area contributed by atoms with Crippen LogP contribution in [-0.2, 0) is 4.74 Å². The molecular weight excluding hydrogens is 266 g/mol. The van der Waals surface area contributed by atoms with Gasteiger partial charge in [-0.3, -0.25) is 4.98 Å². The van der Waals surface area contributed by atoms with Crippen molar-refractivity contribution in [2.75, 3.05) is 6.54 Å². The van der Waals surface area contributed by atoms with Crippen LogP contribution in [-0.4, -0.2) is 29.3 Å². The van der Waals surface area contributed by atoms with Crippen LogP contribution in [0.2, 0.25) is 0 Å². The van der Waals surface area contributed by atoms with E-state index in [4.69, 9.17) is 4.74 Å². The van der Waals surface area contributed by atoms with E-state index in [-0.39, 0.29) is 18.2 Å². The van der Waals surface area contributed by atoms with Crippen molar-refractivity contribution in [2.24, 2.45) is 0 Å². The summed E-state index contributed by atoms with van der Waals surface area (Å²) in [6.07, 6.45) is 2.31. The molecule has 0 spiro atoms. The zero-order valence-electron chi connectivity index (χ0n) is 13.6. The van der Waals surface area contributed by atoms with Gasteiger partial charge < -0.3 is 15.4 Å². The summed E-state index contributed by atoms with van der Waals surface area (Å²) in [5, 5.41) is 6.27. The Balaban J connectivity index is 2.43. The highest BCUT2D eigenvalue weighted by atomic mass is 16.6. The maximum absolute atomic E-state index is 11.7. The minimum atomic E-state index is -0.472. The molecule has 1 heterocycles. The van der Waals surface area contributed by atoms with Crippen molar-refractivity contribution >= 4 is 6.09 Å². The third-order valence-corrected chi connectivity index (χ3v) is 3.00. The highest BCUT2D eigenvalue weighted by molar-refractivity contribution is 5.67. The van der Waals surface area contributed by atoms with Gasteiger partial charge in [0.1, 0.15) is 5.60 Å². The molecule has 21 heavy (non-hydrogen) atoms. The number of nitrogens with zero attached hydrogens (tertiary/aromatic N) is 1. The fourth-order valence-corrected chi connectivity index (χ4v) is 1.91. The molecule has 5 nitrogen and oxygen atoms in total. The predicted molar refractivity (Wildman–Crippen MR) is 84.1 cm³/mol. The maximum Gasteiger partial charge on any atom is 0.407 e. The molecule has 1 amide bonds. The summed E-state index contributed by atoms with van der Waals surface area (Å²) in [7, 11) is 0. The van der Waals surface area contributed by atoms with Gasteiger partial charge in [-0.05, 0) is 46.2 Å². The van der Waals surface area contributed by atoms with Gasteiger partial charge in [-0.15, -0.1) is 0 Å². The Morgan fingerprint density at radius 3 is 2.62 bits per heavy atom. The van der Waals surface area contributed by atoms with E-state index in [1.807, 2.05) is 39.0 Å². The van der Waals surface area contributed by atoms with Crippen LogP contribution in [0.5, 0.6) is 0 Å². The van der Waals surface area contributed by atoms with E-state index in [0.717, 1.165) is 12.1 Å².